The van der Waals surface area contributed by atoms with E-state index in [9.17, 15) is 4.79 Å². The first kappa shape index (κ1) is 12.0. The molecule has 0 aliphatic heterocycles. The average molecular weight is 188 g/mol. The molecule has 1 unspecified atom stereocenters. The van der Waals surface area contributed by atoms with Crippen LogP contribution in [0.3, 0.4) is 0 Å². The first-order valence-electron chi connectivity index (χ1n) is 4.82. The lowest BCUT2D eigenvalue weighted by atomic mass is 9.99. The molecule has 0 bridgehead atoms. The van der Waals surface area contributed by atoms with Crippen molar-refractivity contribution in [1.29, 1.82) is 0 Å². The minimum absolute atomic E-state index is 0.285. The van der Waals surface area contributed by atoms with Gasteiger partial charge < -0.3 is 0 Å². The van der Waals surface area contributed by atoms with Crippen LogP contribution < -0.4 is 0 Å². The maximum atomic E-state index is 11.2. The summed E-state index contributed by atoms with van der Waals surface area (Å²) in [6.45, 7) is 6.16. The zero-order valence-electron chi connectivity index (χ0n) is 8.43. The lowest BCUT2D eigenvalue weighted by Crippen LogP contribution is -2.09. The standard InChI is InChI=1S/C10H20OS/c1-4-10(11)9(3)7-6-8-12-5-2/h9H,4-8H2,1-3H3. The first-order valence-corrected chi connectivity index (χ1v) is 5.98. The normalized spacial score (nSPS) is 12.9. The summed E-state index contributed by atoms with van der Waals surface area (Å²) in [5.41, 5.74) is 0. The van der Waals surface area contributed by atoms with Crippen molar-refractivity contribution < 1.29 is 4.79 Å². The summed E-state index contributed by atoms with van der Waals surface area (Å²) in [4.78, 5) is 11.2. The van der Waals surface area contributed by atoms with Crippen LogP contribution in [-0.2, 0) is 4.79 Å². The van der Waals surface area contributed by atoms with Crippen molar-refractivity contribution >= 4 is 17.5 Å². The first-order chi connectivity index (χ1) is 5.72. The number of Topliss-reactive ketones (excluding diaryl/α,β-unsaturated/α-hetero) is 1. The highest BCUT2D eigenvalue weighted by atomic mass is 32.2. The molecule has 0 amide bonds. The van der Waals surface area contributed by atoms with E-state index in [0.29, 0.717) is 12.2 Å². The van der Waals surface area contributed by atoms with Gasteiger partial charge in [0.05, 0.1) is 0 Å². The van der Waals surface area contributed by atoms with Crippen LogP contribution in [0.15, 0.2) is 0 Å². The van der Waals surface area contributed by atoms with Gasteiger partial charge in [0, 0.05) is 12.3 Å². The Kier molecular flexibility index (Phi) is 7.67. The third-order valence-corrected chi connectivity index (χ3v) is 3.01. The minimum Gasteiger partial charge on any atom is -0.299 e. The topological polar surface area (TPSA) is 17.1 Å². The summed E-state index contributed by atoms with van der Waals surface area (Å²) >= 11 is 1.96. The molecule has 1 atom stereocenters. The third-order valence-electron chi connectivity index (χ3n) is 2.03. The SMILES string of the molecule is CCSCCCC(C)C(=O)CC. The molecule has 0 rings (SSSR count). The quantitative estimate of drug-likeness (QED) is 0.571. The maximum absolute atomic E-state index is 11.2. The Morgan fingerprint density at radius 1 is 1.42 bits per heavy atom. The predicted octanol–water partition coefficient (Wildman–Crippen LogP) is 3.13. The molecule has 72 valence electrons. The van der Waals surface area contributed by atoms with E-state index in [1.807, 2.05) is 25.6 Å². The van der Waals surface area contributed by atoms with Crippen molar-refractivity contribution in [1.82, 2.24) is 0 Å². The van der Waals surface area contributed by atoms with Crippen molar-refractivity contribution in [2.45, 2.75) is 40.0 Å². The molecule has 0 fully saturated rings. The number of ketones is 1. The Labute approximate surface area is 80.3 Å². The van der Waals surface area contributed by atoms with Crippen LogP contribution in [-0.4, -0.2) is 17.3 Å². The van der Waals surface area contributed by atoms with Crippen LogP contribution in [0.1, 0.15) is 40.0 Å². The summed E-state index contributed by atoms with van der Waals surface area (Å²) in [6, 6.07) is 0. The molecule has 0 aliphatic carbocycles. The largest absolute Gasteiger partial charge is 0.299 e. The maximum Gasteiger partial charge on any atom is 0.135 e. The molecular formula is C10H20OS. The number of thioether (sulfide) groups is 1. The van der Waals surface area contributed by atoms with E-state index < -0.39 is 0 Å². The fourth-order valence-corrected chi connectivity index (χ4v) is 1.80. The molecule has 0 aromatic carbocycles. The van der Waals surface area contributed by atoms with Gasteiger partial charge in [-0.2, -0.15) is 11.8 Å². The van der Waals surface area contributed by atoms with Gasteiger partial charge in [0.1, 0.15) is 5.78 Å². The fourth-order valence-electron chi connectivity index (χ4n) is 1.15. The Morgan fingerprint density at radius 2 is 2.08 bits per heavy atom. The van der Waals surface area contributed by atoms with E-state index in [1.165, 1.54) is 17.9 Å². The molecule has 0 spiro atoms. The monoisotopic (exact) mass is 188 g/mol. The summed E-state index contributed by atoms with van der Waals surface area (Å²) in [5.74, 6) is 3.09. The second-order valence-electron chi connectivity index (χ2n) is 3.06. The van der Waals surface area contributed by atoms with E-state index in [4.69, 9.17) is 0 Å². The van der Waals surface area contributed by atoms with Gasteiger partial charge in [0.25, 0.3) is 0 Å². The number of hydrogen-bond donors (Lipinski definition) is 0. The number of carbonyl (C=O) groups excluding carboxylic acids is 1. The van der Waals surface area contributed by atoms with Gasteiger partial charge in [-0.1, -0.05) is 20.8 Å². The van der Waals surface area contributed by atoms with E-state index in [0.717, 1.165) is 6.42 Å². The lowest BCUT2D eigenvalue weighted by molar-refractivity contribution is -0.122. The van der Waals surface area contributed by atoms with Crippen molar-refractivity contribution in [2.24, 2.45) is 5.92 Å². The van der Waals surface area contributed by atoms with Crippen molar-refractivity contribution in [3.8, 4) is 0 Å². The molecular weight excluding hydrogens is 168 g/mol. The highest BCUT2D eigenvalue weighted by Gasteiger charge is 2.09. The third kappa shape index (κ3) is 5.64. The summed E-state index contributed by atoms with van der Waals surface area (Å²) in [6.07, 6.45) is 2.95. The minimum atomic E-state index is 0.285. The summed E-state index contributed by atoms with van der Waals surface area (Å²) in [7, 11) is 0. The molecule has 0 heterocycles. The van der Waals surface area contributed by atoms with Crippen molar-refractivity contribution in [2.75, 3.05) is 11.5 Å². The van der Waals surface area contributed by atoms with Gasteiger partial charge in [-0.3, -0.25) is 4.79 Å². The molecule has 0 aromatic rings. The molecule has 12 heavy (non-hydrogen) atoms. The van der Waals surface area contributed by atoms with E-state index in [2.05, 4.69) is 6.92 Å². The highest BCUT2D eigenvalue weighted by Crippen LogP contribution is 2.12. The molecule has 0 aromatic heterocycles. The van der Waals surface area contributed by atoms with Gasteiger partial charge in [0.15, 0.2) is 0 Å². The molecule has 0 saturated carbocycles. The average Bonchev–Trinajstić information content (AvgIpc) is 2.10. The van der Waals surface area contributed by atoms with Crippen molar-refractivity contribution in [3.63, 3.8) is 0 Å². The van der Waals surface area contributed by atoms with Gasteiger partial charge in [-0.25, -0.2) is 0 Å². The smallest absolute Gasteiger partial charge is 0.135 e. The van der Waals surface area contributed by atoms with Crippen LogP contribution in [0.25, 0.3) is 0 Å². The summed E-state index contributed by atoms with van der Waals surface area (Å²) in [5, 5.41) is 0. The number of hydrogen-bond acceptors (Lipinski definition) is 2. The van der Waals surface area contributed by atoms with Crippen LogP contribution >= 0.6 is 11.8 Å². The molecule has 0 radical (unpaired) electrons. The van der Waals surface area contributed by atoms with Gasteiger partial charge in [-0.05, 0) is 24.3 Å². The second kappa shape index (κ2) is 7.66. The predicted molar refractivity (Wildman–Crippen MR) is 56.7 cm³/mol. The zero-order valence-corrected chi connectivity index (χ0v) is 9.25. The lowest BCUT2D eigenvalue weighted by Gasteiger charge is -2.07. The van der Waals surface area contributed by atoms with Crippen LogP contribution in [0, 0.1) is 5.92 Å². The Hall–Kier alpha value is 0.0200. The van der Waals surface area contributed by atoms with Gasteiger partial charge in [0.2, 0.25) is 0 Å². The van der Waals surface area contributed by atoms with Crippen LogP contribution in [0.2, 0.25) is 0 Å². The van der Waals surface area contributed by atoms with E-state index >= 15 is 0 Å². The van der Waals surface area contributed by atoms with E-state index in [1.54, 1.807) is 0 Å². The molecule has 0 aliphatic rings. The number of carbonyl (C=O) groups is 1. The van der Waals surface area contributed by atoms with Gasteiger partial charge in [-0.15, -0.1) is 0 Å². The second-order valence-corrected chi connectivity index (χ2v) is 4.45. The molecule has 0 saturated heterocycles. The Balaban J connectivity index is 3.31. The molecule has 0 N–H and O–H groups in total. The van der Waals surface area contributed by atoms with Crippen LogP contribution in [0.4, 0.5) is 0 Å². The Morgan fingerprint density at radius 3 is 2.58 bits per heavy atom. The molecule has 2 heteroatoms. The highest BCUT2D eigenvalue weighted by molar-refractivity contribution is 7.99. The van der Waals surface area contributed by atoms with Gasteiger partial charge >= 0.3 is 0 Å². The Bertz CT molecular complexity index is 123. The zero-order chi connectivity index (χ0) is 9.40. The summed E-state index contributed by atoms with van der Waals surface area (Å²) < 4.78 is 0. The molecule has 1 nitrogen and oxygen atoms in total. The fraction of sp³-hybridized carbons (Fsp3) is 0.900. The van der Waals surface area contributed by atoms with Crippen molar-refractivity contribution in [3.05, 3.63) is 0 Å². The number of rotatable bonds is 7. The van der Waals surface area contributed by atoms with Crippen LogP contribution in [0.5, 0.6) is 0 Å². The van der Waals surface area contributed by atoms with E-state index in [-0.39, 0.29) is 5.92 Å².